The molecule has 0 bridgehead atoms. The third-order valence-corrected chi connectivity index (χ3v) is 4.02. The van der Waals surface area contributed by atoms with Crippen molar-refractivity contribution in [2.75, 3.05) is 32.7 Å². The molecule has 15 heavy (non-hydrogen) atoms. The van der Waals surface area contributed by atoms with E-state index in [9.17, 15) is 0 Å². The summed E-state index contributed by atoms with van der Waals surface area (Å²) < 4.78 is 0. The molecule has 2 fully saturated rings. The molecule has 1 saturated heterocycles. The third-order valence-electron chi connectivity index (χ3n) is 4.02. The lowest BCUT2D eigenvalue weighted by Gasteiger charge is -2.16. The molecule has 2 heteroatoms. The first kappa shape index (κ1) is 11.4. The Balaban J connectivity index is 1.48. The summed E-state index contributed by atoms with van der Waals surface area (Å²) in [5, 5.41) is 3.63. The summed E-state index contributed by atoms with van der Waals surface area (Å²) >= 11 is 0. The zero-order valence-electron chi connectivity index (χ0n) is 10.2. The molecule has 0 aromatic heterocycles. The zero-order chi connectivity index (χ0) is 10.5. The molecule has 0 amide bonds. The van der Waals surface area contributed by atoms with E-state index in [-0.39, 0.29) is 0 Å². The Morgan fingerprint density at radius 2 is 2.00 bits per heavy atom. The van der Waals surface area contributed by atoms with Crippen LogP contribution in [0.15, 0.2) is 0 Å². The van der Waals surface area contributed by atoms with Crippen LogP contribution in [0.1, 0.15) is 39.0 Å². The quantitative estimate of drug-likeness (QED) is 0.699. The Labute approximate surface area is 94.4 Å². The van der Waals surface area contributed by atoms with Crippen molar-refractivity contribution in [2.24, 2.45) is 11.8 Å². The molecular weight excluding hydrogens is 184 g/mol. The van der Waals surface area contributed by atoms with Gasteiger partial charge in [0, 0.05) is 19.6 Å². The van der Waals surface area contributed by atoms with Gasteiger partial charge in [-0.1, -0.05) is 19.8 Å². The van der Waals surface area contributed by atoms with Crippen molar-refractivity contribution in [3.05, 3.63) is 0 Å². The topological polar surface area (TPSA) is 15.3 Å². The monoisotopic (exact) mass is 210 g/mol. The fraction of sp³-hybridized carbons (Fsp3) is 1.00. The van der Waals surface area contributed by atoms with E-state index in [1.54, 1.807) is 0 Å². The smallest absolute Gasteiger partial charge is 0.0107 e. The summed E-state index contributed by atoms with van der Waals surface area (Å²) in [7, 11) is 0. The second-order valence-electron chi connectivity index (χ2n) is 5.55. The van der Waals surface area contributed by atoms with Gasteiger partial charge in [-0.05, 0) is 44.2 Å². The molecule has 1 aliphatic carbocycles. The molecule has 1 aliphatic heterocycles. The Hall–Kier alpha value is -0.0800. The second kappa shape index (κ2) is 5.86. The Morgan fingerprint density at radius 3 is 2.67 bits per heavy atom. The van der Waals surface area contributed by atoms with Gasteiger partial charge in [-0.15, -0.1) is 0 Å². The van der Waals surface area contributed by atoms with Gasteiger partial charge in [0.1, 0.15) is 0 Å². The van der Waals surface area contributed by atoms with Gasteiger partial charge in [0.15, 0.2) is 0 Å². The molecule has 1 atom stereocenters. The zero-order valence-corrected chi connectivity index (χ0v) is 10.2. The molecule has 0 aromatic carbocycles. The van der Waals surface area contributed by atoms with Crippen molar-refractivity contribution in [1.82, 2.24) is 10.2 Å². The predicted octanol–water partition coefficient (Wildman–Crippen LogP) is 2.11. The minimum atomic E-state index is 0.930. The first-order valence-electron chi connectivity index (χ1n) is 6.77. The highest BCUT2D eigenvalue weighted by Gasteiger charge is 2.18. The summed E-state index contributed by atoms with van der Waals surface area (Å²) in [6.45, 7) is 8.74. The van der Waals surface area contributed by atoms with Gasteiger partial charge < -0.3 is 10.2 Å². The molecular formula is C13H26N2. The van der Waals surface area contributed by atoms with Crippen molar-refractivity contribution in [3.8, 4) is 0 Å². The average molecular weight is 210 g/mol. The van der Waals surface area contributed by atoms with Crippen LogP contribution < -0.4 is 5.32 Å². The molecule has 0 aromatic rings. The molecule has 1 unspecified atom stereocenters. The minimum absolute atomic E-state index is 0.930. The highest BCUT2D eigenvalue weighted by atomic mass is 15.2. The van der Waals surface area contributed by atoms with Crippen molar-refractivity contribution in [3.63, 3.8) is 0 Å². The van der Waals surface area contributed by atoms with E-state index in [2.05, 4.69) is 17.1 Å². The molecule has 2 nitrogen and oxygen atoms in total. The highest BCUT2D eigenvalue weighted by molar-refractivity contribution is 4.74. The molecule has 2 rings (SSSR count). The van der Waals surface area contributed by atoms with Crippen LogP contribution in [0.2, 0.25) is 0 Å². The van der Waals surface area contributed by atoms with E-state index in [1.165, 1.54) is 64.8 Å². The molecule has 0 radical (unpaired) electrons. The van der Waals surface area contributed by atoms with Crippen molar-refractivity contribution in [2.45, 2.75) is 39.0 Å². The van der Waals surface area contributed by atoms with Crippen LogP contribution in [0.4, 0.5) is 0 Å². The van der Waals surface area contributed by atoms with E-state index < -0.39 is 0 Å². The second-order valence-corrected chi connectivity index (χ2v) is 5.55. The average Bonchev–Trinajstić information content (AvgIpc) is 2.84. The lowest BCUT2D eigenvalue weighted by atomic mass is 10.1. The van der Waals surface area contributed by atoms with Gasteiger partial charge in [-0.2, -0.15) is 0 Å². The van der Waals surface area contributed by atoms with Crippen LogP contribution >= 0.6 is 0 Å². The summed E-state index contributed by atoms with van der Waals surface area (Å²) in [6, 6.07) is 0. The maximum absolute atomic E-state index is 3.63. The predicted molar refractivity (Wildman–Crippen MR) is 65.0 cm³/mol. The number of rotatable bonds is 5. The fourth-order valence-corrected chi connectivity index (χ4v) is 2.99. The third kappa shape index (κ3) is 3.76. The summed E-state index contributed by atoms with van der Waals surface area (Å²) in [6.07, 6.45) is 7.27. The Bertz CT molecular complexity index is 175. The molecule has 88 valence electrons. The molecule has 0 spiro atoms. The van der Waals surface area contributed by atoms with Crippen molar-refractivity contribution < 1.29 is 0 Å². The number of hydrogen-bond acceptors (Lipinski definition) is 2. The van der Waals surface area contributed by atoms with E-state index in [4.69, 9.17) is 0 Å². The van der Waals surface area contributed by atoms with Gasteiger partial charge in [-0.3, -0.25) is 0 Å². The SMILES string of the molecule is CC1CCN(CCNCC2CCCC2)C1. The first-order valence-corrected chi connectivity index (χ1v) is 6.77. The Morgan fingerprint density at radius 1 is 1.20 bits per heavy atom. The molecule has 2 aliphatic rings. The van der Waals surface area contributed by atoms with Gasteiger partial charge >= 0.3 is 0 Å². The number of likely N-dealkylation sites (tertiary alicyclic amines) is 1. The minimum Gasteiger partial charge on any atom is -0.315 e. The standard InChI is InChI=1S/C13H26N2/c1-12-6-8-15(11-12)9-7-14-10-13-4-2-3-5-13/h12-14H,2-11H2,1H3. The van der Waals surface area contributed by atoms with Crippen LogP contribution in [0.3, 0.4) is 0 Å². The summed E-state index contributed by atoms with van der Waals surface area (Å²) in [5.41, 5.74) is 0. The van der Waals surface area contributed by atoms with Gasteiger partial charge in [0.05, 0.1) is 0 Å². The van der Waals surface area contributed by atoms with E-state index >= 15 is 0 Å². The van der Waals surface area contributed by atoms with Gasteiger partial charge in [-0.25, -0.2) is 0 Å². The van der Waals surface area contributed by atoms with E-state index in [0.29, 0.717) is 0 Å². The molecule has 1 N–H and O–H groups in total. The van der Waals surface area contributed by atoms with Gasteiger partial charge in [0.2, 0.25) is 0 Å². The number of hydrogen-bond donors (Lipinski definition) is 1. The van der Waals surface area contributed by atoms with Crippen LogP contribution in [0.5, 0.6) is 0 Å². The van der Waals surface area contributed by atoms with E-state index in [0.717, 1.165) is 11.8 Å². The fourth-order valence-electron chi connectivity index (χ4n) is 2.99. The van der Waals surface area contributed by atoms with Crippen LogP contribution in [-0.4, -0.2) is 37.6 Å². The lowest BCUT2D eigenvalue weighted by molar-refractivity contribution is 0.321. The first-order chi connectivity index (χ1) is 7.34. The highest BCUT2D eigenvalue weighted by Crippen LogP contribution is 2.23. The number of nitrogens with zero attached hydrogens (tertiary/aromatic N) is 1. The largest absolute Gasteiger partial charge is 0.315 e. The van der Waals surface area contributed by atoms with E-state index in [1.807, 2.05) is 0 Å². The summed E-state index contributed by atoms with van der Waals surface area (Å²) in [4.78, 5) is 2.60. The van der Waals surface area contributed by atoms with Crippen LogP contribution in [0.25, 0.3) is 0 Å². The molecule has 1 heterocycles. The maximum atomic E-state index is 3.63. The summed E-state index contributed by atoms with van der Waals surface area (Å²) in [5.74, 6) is 1.92. The van der Waals surface area contributed by atoms with Crippen molar-refractivity contribution >= 4 is 0 Å². The Kier molecular flexibility index (Phi) is 4.45. The van der Waals surface area contributed by atoms with Gasteiger partial charge in [0.25, 0.3) is 0 Å². The van der Waals surface area contributed by atoms with Crippen molar-refractivity contribution in [1.29, 1.82) is 0 Å². The lowest BCUT2D eigenvalue weighted by Crippen LogP contribution is -2.32. The number of nitrogens with one attached hydrogen (secondary N) is 1. The molecule has 1 saturated carbocycles. The normalized spacial score (nSPS) is 29.0. The maximum Gasteiger partial charge on any atom is 0.0107 e. The van der Waals surface area contributed by atoms with Crippen LogP contribution in [0, 0.1) is 11.8 Å². The van der Waals surface area contributed by atoms with Crippen LogP contribution in [-0.2, 0) is 0 Å².